The van der Waals surface area contributed by atoms with Gasteiger partial charge in [-0.15, -0.1) is 4.57 Å². The number of benzene rings is 3. The average molecular weight is 350 g/mol. The monoisotopic (exact) mass is 350 g/mol. The Morgan fingerprint density at radius 2 is 1.42 bits per heavy atom. The SMILES string of the molecule is CSc1oc2ccccc2[n+]1-c1ccc(Sc2ccccc2)cc1. The molecule has 0 unspecified atom stereocenters. The van der Waals surface area contributed by atoms with Gasteiger partial charge in [-0.05, 0) is 48.3 Å². The second kappa shape index (κ2) is 6.75. The lowest BCUT2D eigenvalue weighted by Crippen LogP contribution is -2.31. The van der Waals surface area contributed by atoms with Gasteiger partial charge in [0, 0.05) is 28.0 Å². The molecule has 4 aromatic rings. The Kier molecular flexibility index (Phi) is 4.32. The molecular formula is C20H16NOS2+. The highest BCUT2D eigenvalue weighted by Crippen LogP contribution is 2.28. The van der Waals surface area contributed by atoms with Crippen molar-refractivity contribution in [3.8, 4) is 5.69 Å². The van der Waals surface area contributed by atoms with Crippen LogP contribution in [-0.4, -0.2) is 6.26 Å². The number of fused-ring (bicyclic) bond motifs is 1. The van der Waals surface area contributed by atoms with Gasteiger partial charge in [-0.2, -0.15) is 0 Å². The number of hydrogen-bond acceptors (Lipinski definition) is 3. The van der Waals surface area contributed by atoms with Gasteiger partial charge in [-0.25, -0.2) is 0 Å². The van der Waals surface area contributed by atoms with Crippen LogP contribution in [0.4, 0.5) is 0 Å². The third-order valence-electron chi connectivity index (χ3n) is 3.73. The van der Waals surface area contributed by atoms with Gasteiger partial charge in [0.05, 0.1) is 0 Å². The number of aromatic nitrogens is 1. The highest BCUT2D eigenvalue weighted by molar-refractivity contribution is 7.99. The number of para-hydroxylation sites is 2. The third kappa shape index (κ3) is 2.95. The van der Waals surface area contributed by atoms with Crippen LogP contribution in [0.1, 0.15) is 0 Å². The molecule has 4 rings (SSSR count). The van der Waals surface area contributed by atoms with Crippen LogP contribution in [0.15, 0.2) is 98.3 Å². The van der Waals surface area contributed by atoms with E-state index in [0.717, 1.165) is 22.0 Å². The number of thioether (sulfide) groups is 1. The van der Waals surface area contributed by atoms with E-state index in [1.807, 2.05) is 30.5 Å². The predicted molar refractivity (Wildman–Crippen MR) is 100 cm³/mol. The zero-order valence-electron chi connectivity index (χ0n) is 13.2. The molecule has 24 heavy (non-hydrogen) atoms. The standard InChI is InChI=1S/C20H16NOS2/c1-23-20-21(18-9-5-6-10-19(18)22-20)15-11-13-17(14-12-15)24-16-7-3-2-4-8-16/h2-14H,1H3/q+1. The van der Waals surface area contributed by atoms with Crippen LogP contribution in [0.5, 0.6) is 0 Å². The minimum absolute atomic E-state index is 0.889. The second-order valence-electron chi connectivity index (χ2n) is 5.28. The Morgan fingerprint density at radius 3 is 2.17 bits per heavy atom. The summed E-state index contributed by atoms with van der Waals surface area (Å²) in [7, 11) is 0. The fourth-order valence-electron chi connectivity index (χ4n) is 2.63. The molecular weight excluding hydrogens is 334 g/mol. The molecule has 0 bridgehead atoms. The van der Waals surface area contributed by atoms with Crippen LogP contribution in [0.25, 0.3) is 16.8 Å². The molecule has 0 amide bonds. The van der Waals surface area contributed by atoms with Gasteiger partial charge < -0.3 is 4.42 Å². The van der Waals surface area contributed by atoms with Crippen LogP contribution in [0.3, 0.4) is 0 Å². The van der Waals surface area contributed by atoms with Crippen LogP contribution < -0.4 is 4.57 Å². The Hall–Kier alpha value is -2.17. The molecule has 118 valence electrons. The van der Waals surface area contributed by atoms with Crippen LogP contribution in [-0.2, 0) is 0 Å². The van der Waals surface area contributed by atoms with Crippen molar-refractivity contribution in [3.05, 3.63) is 78.9 Å². The molecule has 0 N–H and O–H groups in total. The van der Waals surface area contributed by atoms with E-state index in [0.29, 0.717) is 0 Å². The molecule has 1 aromatic heterocycles. The lowest BCUT2D eigenvalue weighted by Gasteiger charge is -2.01. The van der Waals surface area contributed by atoms with Crippen molar-refractivity contribution in [1.29, 1.82) is 0 Å². The van der Waals surface area contributed by atoms with Crippen LogP contribution in [0.2, 0.25) is 0 Å². The first-order valence-electron chi connectivity index (χ1n) is 7.66. The zero-order chi connectivity index (χ0) is 16.4. The number of nitrogens with zero attached hydrogens (tertiary/aromatic N) is 1. The van der Waals surface area contributed by atoms with Crippen LogP contribution in [0, 0.1) is 0 Å². The van der Waals surface area contributed by atoms with Crippen molar-refractivity contribution in [2.45, 2.75) is 15.0 Å². The smallest absolute Gasteiger partial charge is 0.392 e. The lowest BCUT2D eigenvalue weighted by molar-refractivity contribution is -0.619. The molecule has 0 radical (unpaired) electrons. The van der Waals surface area contributed by atoms with E-state index in [4.69, 9.17) is 4.42 Å². The van der Waals surface area contributed by atoms with E-state index in [2.05, 4.69) is 59.2 Å². The normalized spacial score (nSPS) is 11.0. The highest BCUT2D eigenvalue weighted by Gasteiger charge is 2.23. The molecule has 3 aromatic carbocycles. The molecule has 0 saturated carbocycles. The second-order valence-corrected chi connectivity index (χ2v) is 7.19. The van der Waals surface area contributed by atoms with Gasteiger partial charge in [-0.1, -0.05) is 42.1 Å². The summed E-state index contributed by atoms with van der Waals surface area (Å²) < 4.78 is 8.11. The van der Waals surface area contributed by atoms with E-state index in [1.54, 1.807) is 23.5 Å². The summed E-state index contributed by atoms with van der Waals surface area (Å²) in [5, 5.41) is 0.889. The van der Waals surface area contributed by atoms with Crippen molar-refractivity contribution in [3.63, 3.8) is 0 Å². The van der Waals surface area contributed by atoms with E-state index < -0.39 is 0 Å². The highest BCUT2D eigenvalue weighted by atomic mass is 32.2. The summed E-state index contributed by atoms with van der Waals surface area (Å²) in [6.07, 6.45) is 2.04. The fourth-order valence-corrected chi connectivity index (χ4v) is 4.03. The van der Waals surface area contributed by atoms with Gasteiger partial charge in [0.25, 0.3) is 5.52 Å². The minimum Gasteiger partial charge on any atom is -0.392 e. The van der Waals surface area contributed by atoms with E-state index >= 15 is 0 Å². The van der Waals surface area contributed by atoms with Crippen LogP contribution >= 0.6 is 23.5 Å². The molecule has 0 atom stereocenters. The maximum absolute atomic E-state index is 5.95. The number of oxazole rings is 1. The molecule has 2 nitrogen and oxygen atoms in total. The summed E-state index contributed by atoms with van der Waals surface area (Å²) in [6.45, 7) is 0. The molecule has 1 heterocycles. The Morgan fingerprint density at radius 1 is 0.750 bits per heavy atom. The van der Waals surface area contributed by atoms with Crippen molar-refractivity contribution in [2.75, 3.05) is 6.26 Å². The summed E-state index contributed by atoms with van der Waals surface area (Å²) in [5.41, 5.74) is 3.11. The molecule has 0 aliphatic rings. The molecule has 0 fully saturated rings. The number of rotatable bonds is 4. The van der Waals surface area contributed by atoms with E-state index in [1.165, 1.54) is 9.79 Å². The molecule has 0 saturated heterocycles. The summed E-state index contributed by atoms with van der Waals surface area (Å²) >= 11 is 3.38. The molecule has 0 spiro atoms. The topological polar surface area (TPSA) is 17.0 Å². The minimum atomic E-state index is 0.889. The van der Waals surface area contributed by atoms with Gasteiger partial charge >= 0.3 is 5.22 Å². The first kappa shape index (κ1) is 15.4. The Labute approximate surface area is 149 Å². The summed E-state index contributed by atoms with van der Waals surface area (Å²) in [5.74, 6) is 0. The third-order valence-corrected chi connectivity index (χ3v) is 5.37. The van der Waals surface area contributed by atoms with E-state index in [-0.39, 0.29) is 0 Å². The first-order valence-corrected chi connectivity index (χ1v) is 9.70. The van der Waals surface area contributed by atoms with Gasteiger partial charge in [-0.3, -0.25) is 0 Å². The lowest BCUT2D eigenvalue weighted by atomic mass is 10.3. The Balaban J connectivity index is 1.70. The first-order chi connectivity index (χ1) is 11.8. The fraction of sp³-hybridized carbons (Fsp3) is 0.0500. The average Bonchev–Trinajstić information content (AvgIpc) is 3.02. The maximum Gasteiger partial charge on any atom is 0.418 e. The van der Waals surface area contributed by atoms with Gasteiger partial charge in [0.15, 0.2) is 0 Å². The van der Waals surface area contributed by atoms with Crippen molar-refractivity contribution >= 4 is 34.6 Å². The zero-order valence-corrected chi connectivity index (χ0v) is 14.8. The summed E-state index contributed by atoms with van der Waals surface area (Å²) in [4.78, 5) is 2.47. The number of hydrogen-bond donors (Lipinski definition) is 0. The van der Waals surface area contributed by atoms with Gasteiger partial charge in [0.1, 0.15) is 0 Å². The predicted octanol–water partition coefficient (Wildman–Crippen LogP) is 5.58. The van der Waals surface area contributed by atoms with Crippen molar-refractivity contribution in [1.82, 2.24) is 0 Å². The maximum atomic E-state index is 5.95. The van der Waals surface area contributed by atoms with Crippen molar-refractivity contribution < 1.29 is 8.98 Å². The Bertz CT molecular complexity index is 962. The largest absolute Gasteiger partial charge is 0.418 e. The molecule has 4 heteroatoms. The van der Waals surface area contributed by atoms with Gasteiger partial charge in [0.2, 0.25) is 11.3 Å². The quantitative estimate of drug-likeness (QED) is 0.353. The van der Waals surface area contributed by atoms with Crippen molar-refractivity contribution in [2.24, 2.45) is 0 Å². The molecule has 0 aliphatic carbocycles. The van der Waals surface area contributed by atoms with E-state index in [9.17, 15) is 0 Å². The molecule has 0 aliphatic heterocycles. The summed E-state index contributed by atoms with van der Waals surface area (Å²) in [6, 6.07) is 27.2.